The number of aliphatic imine (C=N–C) groups is 1. The van der Waals surface area contributed by atoms with E-state index in [9.17, 15) is 0 Å². The second kappa shape index (κ2) is 4.12. The van der Waals surface area contributed by atoms with Crippen LogP contribution >= 0.6 is 0 Å². The van der Waals surface area contributed by atoms with Crippen LogP contribution in [0.15, 0.2) is 17.3 Å². The molecule has 0 spiro atoms. The summed E-state index contributed by atoms with van der Waals surface area (Å²) in [7, 11) is 5.65. The molecule has 0 aliphatic heterocycles. The monoisotopic (exact) mass is 171 g/mol. The Morgan fingerprint density at radius 1 is 1.62 bits per heavy atom. The van der Waals surface area contributed by atoms with Gasteiger partial charge < -0.3 is 0 Å². The fourth-order valence-electron chi connectivity index (χ4n) is 1.01. The number of nitrogens with zero attached hydrogens (tertiary/aromatic N) is 2. The zero-order valence-corrected chi connectivity index (χ0v) is 8.20. The molecule has 0 aromatic carbocycles. The third-order valence-corrected chi connectivity index (χ3v) is 1.78. The SMILES string of the molecule is [B]=C(C)c1cnc(C)c(N=CC)c1. The van der Waals surface area contributed by atoms with Crippen molar-refractivity contribution in [1.29, 1.82) is 0 Å². The second-order valence-corrected chi connectivity index (χ2v) is 2.90. The van der Waals surface area contributed by atoms with Crippen molar-refractivity contribution in [3.63, 3.8) is 0 Å². The van der Waals surface area contributed by atoms with Crippen molar-refractivity contribution >= 4 is 24.9 Å². The van der Waals surface area contributed by atoms with Gasteiger partial charge in [0.25, 0.3) is 0 Å². The van der Waals surface area contributed by atoms with E-state index in [2.05, 4.69) is 9.98 Å². The maximum atomic E-state index is 5.65. The minimum absolute atomic E-state index is 0.764. The van der Waals surface area contributed by atoms with E-state index in [4.69, 9.17) is 7.49 Å². The normalized spacial score (nSPS) is 10.6. The molecule has 65 valence electrons. The second-order valence-electron chi connectivity index (χ2n) is 2.90. The zero-order chi connectivity index (χ0) is 9.84. The molecule has 0 aliphatic rings. The third kappa shape index (κ3) is 2.34. The van der Waals surface area contributed by atoms with Crippen molar-refractivity contribution in [3.8, 4) is 0 Å². The summed E-state index contributed by atoms with van der Waals surface area (Å²) in [6.07, 6.45) is 3.51. The van der Waals surface area contributed by atoms with Crippen molar-refractivity contribution < 1.29 is 0 Å². The molecule has 0 bridgehead atoms. The molecule has 1 heterocycles. The summed E-state index contributed by atoms with van der Waals surface area (Å²) in [6.45, 7) is 5.66. The van der Waals surface area contributed by atoms with Gasteiger partial charge in [-0.1, -0.05) is 0 Å². The number of rotatable bonds is 2. The van der Waals surface area contributed by atoms with Crippen LogP contribution in [-0.4, -0.2) is 24.1 Å². The molecule has 0 atom stereocenters. The molecule has 0 fully saturated rings. The topological polar surface area (TPSA) is 25.2 Å². The van der Waals surface area contributed by atoms with Crippen LogP contribution < -0.4 is 0 Å². The summed E-state index contributed by atoms with van der Waals surface area (Å²) in [5, 5.41) is 0. The molecular weight excluding hydrogens is 159 g/mol. The van der Waals surface area contributed by atoms with E-state index >= 15 is 0 Å². The van der Waals surface area contributed by atoms with Crippen LogP contribution in [-0.2, 0) is 0 Å². The Balaban J connectivity index is 3.18. The first-order chi connectivity index (χ1) is 6.15. The van der Waals surface area contributed by atoms with Gasteiger partial charge in [-0.2, -0.15) is 0 Å². The molecule has 1 aromatic heterocycles. The third-order valence-electron chi connectivity index (χ3n) is 1.78. The van der Waals surface area contributed by atoms with E-state index in [-0.39, 0.29) is 0 Å². The van der Waals surface area contributed by atoms with E-state index in [1.54, 1.807) is 12.4 Å². The van der Waals surface area contributed by atoms with E-state index in [1.807, 2.05) is 26.8 Å². The molecule has 0 saturated carbocycles. The van der Waals surface area contributed by atoms with Crippen molar-refractivity contribution in [2.75, 3.05) is 0 Å². The first-order valence-corrected chi connectivity index (χ1v) is 4.20. The molecule has 13 heavy (non-hydrogen) atoms. The predicted molar refractivity (Wildman–Crippen MR) is 58.3 cm³/mol. The Bertz CT molecular complexity index is 356. The molecule has 0 unspecified atom stereocenters. The fourth-order valence-corrected chi connectivity index (χ4v) is 1.01. The molecule has 0 saturated heterocycles. The van der Waals surface area contributed by atoms with Crippen LogP contribution in [0, 0.1) is 6.92 Å². The average Bonchev–Trinajstić information content (AvgIpc) is 2.08. The summed E-state index contributed by atoms with van der Waals surface area (Å²) in [5.41, 5.74) is 3.50. The predicted octanol–water partition coefficient (Wildman–Crippen LogP) is 1.82. The average molecular weight is 171 g/mol. The van der Waals surface area contributed by atoms with Gasteiger partial charge in [0.05, 0.1) is 0 Å². The van der Waals surface area contributed by atoms with Crippen molar-refractivity contribution in [1.82, 2.24) is 4.98 Å². The van der Waals surface area contributed by atoms with Gasteiger partial charge in [0.1, 0.15) is 0 Å². The van der Waals surface area contributed by atoms with Gasteiger partial charge >= 0.3 is 79.1 Å². The van der Waals surface area contributed by atoms with E-state index in [0.717, 1.165) is 22.4 Å². The summed E-state index contributed by atoms with van der Waals surface area (Å²) < 4.78 is 0. The molecule has 3 heteroatoms. The first-order valence-electron chi connectivity index (χ1n) is 4.20. The van der Waals surface area contributed by atoms with Crippen LogP contribution in [0.2, 0.25) is 0 Å². The molecular formula is C10H12BN2. The zero-order valence-electron chi connectivity index (χ0n) is 8.20. The number of hydrogen-bond donors (Lipinski definition) is 0. The Kier molecular flexibility index (Phi) is 3.12. The van der Waals surface area contributed by atoms with Crippen molar-refractivity contribution in [2.24, 2.45) is 4.99 Å². The van der Waals surface area contributed by atoms with Crippen molar-refractivity contribution in [2.45, 2.75) is 20.8 Å². The number of aryl methyl sites for hydroxylation is 1. The van der Waals surface area contributed by atoms with Crippen molar-refractivity contribution in [3.05, 3.63) is 23.5 Å². The number of pyridine rings is 1. The van der Waals surface area contributed by atoms with Gasteiger partial charge in [-0.05, 0) is 0 Å². The van der Waals surface area contributed by atoms with Gasteiger partial charge in [-0.15, -0.1) is 0 Å². The van der Waals surface area contributed by atoms with E-state index < -0.39 is 0 Å². The molecule has 2 nitrogen and oxygen atoms in total. The van der Waals surface area contributed by atoms with Gasteiger partial charge in [-0.3, -0.25) is 0 Å². The van der Waals surface area contributed by atoms with Gasteiger partial charge in [0.2, 0.25) is 0 Å². The van der Waals surface area contributed by atoms with Gasteiger partial charge in [0.15, 0.2) is 0 Å². The molecule has 1 aromatic rings. The number of aromatic nitrogens is 1. The van der Waals surface area contributed by atoms with Crippen LogP contribution in [0.4, 0.5) is 5.69 Å². The summed E-state index contributed by atoms with van der Waals surface area (Å²) >= 11 is 0. The van der Waals surface area contributed by atoms with Crippen LogP contribution in [0.3, 0.4) is 0 Å². The molecule has 0 amide bonds. The summed E-state index contributed by atoms with van der Waals surface area (Å²) in [6, 6.07) is 1.94. The Morgan fingerprint density at radius 3 is 2.85 bits per heavy atom. The Morgan fingerprint density at radius 2 is 2.31 bits per heavy atom. The standard InChI is InChI=1S/C10H12BN2/c1-4-12-10-5-9(7(2)11)6-13-8(10)3/h4-6H,1-3H3. The Hall–Kier alpha value is -1.25. The van der Waals surface area contributed by atoms with Gasteiger partial charge in [0, 0.05) is 0 Å². The summed E-state index contributed by atoms with van der Waals surface area (Å²) in [5.74, 6) is 0. The van der Waals surface area contributed by atoms with Crippen LogP contribution in [0.25, 0.3) is 0 Å². The maximum absolute atomic E-state index is 5.65. The summed E-state index contributed by atoms with van der Waals surface area (Å²) in [4.78, 5) is 8.40. The quantitative estimate of drug-likeness (QED) is 0.492. The molecule has 0 N–H and O–H groups in total. The minimum atomic E-state index is 0.764. The molecule has 1 radical (unpaired) electrons. The van der Waals surface area contributed by atoms with E-state index in [0.29, 0.717) is 0 Å². The Labute approximate surface area is 79.8 Å². The number of hydrogen-bond acceptors (Lipinski definition) is 2. The molecule has 0 aliphatic carbocycles. The van der Waals surface area contributed by atoms with E-state index in [1.165, 1.54) is 0 Å². The first kappa shape index (κ1) is 9.84. The fraction of sp³-hybridized carbons (Fsp3) is 0.300. The van der Waals surface area contributed by atoms with Crippen LogP contribution in [0.1, 0.15) is 25.1 Å². The van der Waals surface area contributed by atoms with Gasteiger partial charge in [-0.25, -0.2) is 0 Å². The van der Waals surface area contributed by atoms with Crippen LogP contribution in [0.5, 0.6) is 0 Å². The molecule has 1 rings (SSSR count).